The molecule has 2 N–H and O–H groups in total. The second-order valence-electron chi connectivity index (χ2n) is 10.5. The summed E-state index contributed by atoms with van der Waals surface area (Å²) in [4.78, 5) is 22.4. The molecule has 0 saturated carbocycles. The Hall–Kier alpha value is -4.70. The molecule has 0 fully saturated rings. The van der Waals surface area contributed by atoms with Crippen LogP contribution in [0.3, 0.4) is 0 Å². The van der Waals surface area contributed by atoms with E-state index in [9.17, 15) is 9.18 Å². The SMILES string of the molecule is [N-]=[N+]=NCc1ccccc1[C@H]1OC(c2ccc(OCCCO)cc2)=N[C@@]1(Cc1ccc(Br)cc1)C(=O)NCc1cccc(F)c1. The fourth-order valence-corrected chi connectivity index (χ4v) is 5.46. The number of carbonyl (C=O) groups excluding carboxylic acids is 1. The predicted molar refractivity (Wildman–Crippen MR) is 172 cm³/mol. The van der Waals surface area contributed by atoms with Gasteiger partial charge in [-0.2, -0.15) is 0 Å². The van der Waals surface area contributed by atoms with E-state index in [0.717, 1.165) is 10.0 Å². The van der Waals surface area contributed by atoms with Crippen molar-refractivity contribution >= 4 is 27.7 Å². The molecule has 0 saturated heterocycles. The predicted octanol–water partition coefficient (Wildman–Crippen LogP) is 6.98. The molecule has 0 radical (unpaired) electrons. The summed E-state index contributed by atoms with van der Waals surface area (Å²) in [5.74, 6) is 0.0798. The maximum absolute atomic E-state index is 14.5. The van der Waals surface area contributed by atoms with Gasteiger partial charge in [0, 0.05) is 40.9 Å². The number of amides is 1. The maximum Gasteiger partial charge on any atom is 0.252 e. The Morgan fingerprint density at radius 2 is 1.84 bits per heavy atom. The normalized spacial score (nSPS) is 17.1. The van der Waals surface area contributed by atoms with Crippen molar-refractivity contribution in [2.24, 2.45) is 10.1 Å². The van der Waals surface area contributed by atoms with Gasteiger partial charge in [0.1, 0.15) is 11.6 Å². The summed E-state index contributed by atoms with van der Waals surface area (Å²) < 4.78 is 27.1. The minimum atomic E-state index is -1.49. The Kier molecular flexibility index (Phi) is 10.5. The molecule has 5 rings (SSSR count). The zero-order valence-electron chi connectivity index (χ0n) is 24.3. The van der Waals surface area contributed by atoms with E-state index < -0.39 is 23.4 Å². The van der Waals surface area contributed by atoms with Crippen LogP contribution in [-0.4, -0.2) is 35.7 Å². The first-order valence-corrected chi connectivity index (χ1v) is 15.2. The maximum atomic E-state index is 14.5. The lowest BCUT2D eigenvalue weighted by atomic mass is 9.80. The molecule has 1 aliphatic heterocycles. The number of benzene rings is 4. The molecule has 9 nitrogen and oxygen atoms in total. The molecule has 0 bridgehead atoms. The van der Waals surface area contributed by atoms with Crippen molar-refractivity contribution < 1.29 is 23.8 Å². The zero-order valence-corrected chi connectivity index (χ0v) is 25.9. The fraction of sp³-hybridized carbons (Fsp3) is 0.235. The highest BCUT2D eigenvalue weighted by molar-refractivity contribution is 9.10. The first kappa shape index (κ1) is 31.7. The second-order valence-corrected chi connectivity index (χ2v) is 11.4. The quantitative estimate of drug-likeness (QED) is 0.0688. The average Bonchev–Trinajstić information content (AvgIpc) is 3.44. The molecule has 0 aliphatic carbocycles. The van der Waals surface area contributed by atoms with Crippen LogP contribution in [0.1, 0.15) is 40.3 Å². The number of nitrogens with zero attached hydrogens (tertiary/aromatic N) is 4. The van der Waals surface area contributed by atoms with Gasteiger partial charge in [0.05, 0.1) is 13.2 Å². The topological polar surface area (TPSA) is 129 Å². The number of hydrogen-bond donors (Lipinski definition) is 2. The molecule has 1 heterocycles. The Labute approximate surface area is 268 Å². The Morgan fingerprint density at radius 3 is 2.58 bits per heavy atom. The molecule has 0 aromatic heterocycles. The molecule has 45 heavy (non-hydrogen) atoms. The molecule has 11 heteroatoms. The summed E-state index contributed by atoms with van der Waals surface area (Å²) in [6.45, 7) is 0.545. The van der Waals surface area contributed by atoms with Crippen LogP contribution in [0.25, 0.3) is 10.4 Å². The van der Waals surface area contributed by atoms with E-state index in [4.69, 9.17) is 25.1 Å². The van der Waals surface area contributed by atoms with Gasteiger partial charge in [0.25, 0.3) is 5.91 Å². The van der Waals surface area contributed by atoms with Crippen LogP contribution in [0.4, 0.5) is 4.39 Å². The van der Waals surface area contributed by atoms with Gasteiger partial charge in [-0.1, -0.05) is 69.6 Å². The molecule has 4 aromatic rings. The standard InChI is InChI=1S/C34H31BrFN5O4/c35-27-13-9-23(10-14-27)20-34(33(43)38-21-24-5-3-7-28(36)19-24)31(30-8-2-1-6-26(30)22-39-41-37)45-32(40-34)25-11-15-29(16-12-25)44-18-4-17-42/h1-3,5-16,19,31,42H,4,17-18,20-22H2,(H,38,43)/t31-,34-/m1/s1. The first-order chi connectivity index (χ1) is 21.9. The van der Waals surface area contributed by atoms with Crippen molar-refractivity contribution in [3.63, 3.8) is 0 Å². The monoisotopic (exact) mass is 671 g/mol. The average molecular weight is 673 g/mol. The van der Waals surface area contributed by atoms with Crippen LogP contribution < -0.4 is 10.1 Å². The minimum absolute atomic E-state index is 0.0347. The number of azide groups is 1. The Bertz CT molecular complexity index is 1710. The number of hydrogen-bond acceptors (Lipinski definition) is 6. The number of halogens is 2. The van der Waals surface area contributed by atoms with Crippen molar-refractivity contribution in [3.05, 3.63) is 146 Å². The molecule has 230 valence electrons. The van der Waals surface area contributed by atoms with E-state index in [0.29, 0.717) is 41.0 Å². The highest BCUT2D eigenvalue weighted by Crippen LogP contribution is 2.44. The van der Waals surface area contributed by atoms with Crippen LogP contribution >= 0.6 is 15.9 Å². The summed E-state index contributed by atoms with van der Waals surface area (Å²) in [6.07, 6.45) is -0.200. The van der Waals surface area contributed by atoms with E-state index in [-0.39, 0.29) is 32.0 Å². The molecule has 0 spiro atoms. The summed E-state index contributed by atoms with van der Waals surface area (Å²) in [7, 11) is 0. The molecular formula is C34H31BrFN5O4. The van der Waals surface area contributed by atoms with E-state index in [1.54, 1.807) is 36.4 Å². The lowest BCUT2D eigenvalue weighted by molar-refractivity contribution is -0.129. The van der Waals surface area contributed by atoms with Crippen molar-refractivity contribution in [2.75, 3.05) is 13.2 Å². The second kappa shape index (κ2) is 14.9. The lowest BCUT2D eigenvalue weighted by Crippen LogP contribution is -2.49. The van der Waals surface area contributed by atoms with Crippen molar-refractivity contribution in [1.82, 2.24) is 5.32 Å². The van der Waals surface area contributed by atoms with E-state index in [2.05, 4.69) is 31.3 Å². The van der Waals surface area contributed by atoms with Crippen molar-refractivity contribution in [1.29, 1.82) is 0 Å². The summed E-state index contributed by atoms with van der Waals surface area (Å²) in [5, 5.41) is 15.8. The number of aliphatic hydroxyl groups is 1. The number of aliphatic imine (C=N–C) groups is 1. The van der Waals surface area contributed by atoms with Crippen molar-refractivity contribution in [2.45, 2.75) is 37.6 Å². The number of nitrogens with one attached hydrogen (secondary N) is 1. The van der Waals surface area contributed by atoms with Crippen LogP contribution in [0.5, 0.6) is 5.75 Å². The van der Waals surface area contributed by atoms with E-state index in [1.165, 1.54) is 12.1 Å². The van der Waals surface area contributed by atoms with Gasteiger partial charge in [0.2, 0.25) is 5.90 Å². The van der Waals surface area contributed by atoms with Gasteiger partial charge < -0.3 is 19.9 Å². The Morgan fingerprint density at radius 1 is 1.07 bits per heavy atom. The first-order valence-electron chi connectivity index (χ1n) is 14.4. The van der Waals surface area contributed by atoms with Gasteiger partial charge in [-0.3, -0.25) is 4.79 Å². The van der Waals surface area contributed by atoms with Gasteiger partial charge in [-0.15, -0.1) is 0 Å². The highest BCUT2D eigenvalue weighted by Gasteiger charge is 2.53. The fourth-order valence-electron chi connectivity index (χ4n) is 5.20. The van der Waals surface area contributed by atoms with Crippen molar-refractivity contribution in [3.8, 4) is 5.75 Å². The number of rotatable bonds is 13. The number of carbonyl (C=O) groups is 1. The lowest BCUT2D eigenvalue weighted by Gasteiger charge is -2.32. The summed E-state index contributed by atoms with van der Waals surface area (Å²) in [6, 6.07) is 28.2. The molecule has 4 aromatic carbocycles. The number of ether oxygens (including phenoxy) is 2. The van der Waals surface area contributed by atoms with Crippen LogP contribution in [-0.2, 0) is 29.0 Å². The third-order valence-electron chi connectivity index (χ3n) is 7.40. The highest BCUT2D eigenvalue weighted by atomic mass is 79.9. The summed E-state index contributed by atoms with van der Waals surface area (Å²) in [5.41, 5.74) is 11.0. The van der Waals surface area contributed by atoms with Gasteiger partial charge >= 0.3 is 0 Å². The molecule has 1 aliphatic rings. The molecule has 0 unspecified atom stereocenters. The third kappa shape index (κ3) is 7.69. The van der Waals surface area contributed by atoms with Crippen LogP contribution in [0, 0.1) is 5.82 Å². The molecular weight excluding hydrogens is 641 g/mol. The van der Waals surface area contributed by atoms with E-state index >= 15 is 0 Å². The van der Waals surface area contributed by atoms with Gasteiger partial charge in [0.15, 0.2) is 11.6 Å². The third-order valence-corrected chi connectivity index (χ3v) is 7.93. The largest absolute Gasteiger partial charge is 0.494 e. The summed E-state index contributed by atoms with van der Waals surface area (Å²) >= 11 is 3.48. The van der Waals surface area contributed by atoms with Crippen LogP contribution in [0.15, 0.2) is 112 Å². The van der Waals surface area contributed by atoms with Gasteiger partial charge in [-0.25, -0.2) is 9.38 Å². The van der Waals surface area contributed by atoms with Gasteiger partial charge in [-0.05, 0) is 76.3 Å². The minimum Gasteiger partial charge on any atom is -0.494 e. The zero-order chi connectivity index (χ0) is 31.6. The smallest absolute Gasteiger partial charge is 0.252 e. The molecule has 1 amide bonds. The Balaban J connectivity index is 1.60. The van der Waals surface area contributed by atoms with Crippen LogP contribution in [0.2, 0.25) is 0 Å². The number of aliphatic hydroxyl groups excluding tert-OH is 1. The molecule has 2 atom stereocenters. The van der Waals surface area contributed by atoms with E-state index in [1.807, 2.05) is 48.5 Å².